The van der Waals surface area contributed by atoms with E-state index < -0.39 is 10.0 Å². The first-order valence-electron chi connectivity index (χ1n) is 7.80. The number of nitrogens with zero attached hydrogens (tertiary/aromatic N) is 1. The van der Waals surface area contributed by atoms with Crippen molar-refractivity contribution in [1.29, 1.82) is 0 Å². The molecule has 0 spiro atoms. The molecular formula is C16H20N4O3S. The number of benzene rings is 1. The second-order valence-corrected chi connectivity index (χ2v) is 7.76. The van der Waals surface area contributed by atoms with Crippen molar-refractivity contribution in [3.8, 4) is 0 Å². The van der Waals surface area contributed by atoms with Crippen molar-refractivity contribution in [3.05, 3.63) is 47.5 Å². The first kappa shape index (κ1) is 16.7. The topological polar surface area (TPSA) is 104 Å². The van der Waals surface area contributed by atoms with Gasteiger partial charge in [-0.1, -0.05) is 6.07 Å². The Morgan fingerprint density at radius 1 is 1.38 bits per heavy atom. The number of carbonyl (C=O) groups excluding carboxylic acids is 1. The molecule has 0 radical (unpaired) electrons. The molecule has 1 fully saturated rings. The smallest absolute Gasteiger partial charge is 0.252 e. The fourth-order valence-corrected chi connectivity index (χ4v) is 3.69. The molecule has 0 aliphatic heterocycles. The molecule has 1 saturated carbocycles. The summed E-state index contributed by atoms with van der Waals surface area (Å²) in [6.07, 6.45) is 5.01. The molecule has 2 aromatic rings. The maximum atomic E-state index is 12.5. The molecule has 1 aromatic heterocycles. The number of aromatic amines is 1. The van der Waals surface area contributed by atoms with Crippen molar-refractivity contribution < 1.29 is 13.2 Å². The van der Waals surface area contributed by atoms with Crippen LogP contribution in [0.15, 0.2) is 35.5 Å². The summed E-state index contributed by atoms with van der Waals surface area (Å²) in [5.74, 6) is 0.306. The first-order valence-corrected chi connectivity index (χ1v) is 9.28. The Bertz CT molecular complexity index is 842. The normalized spacial score (nSPS) is 15.9. The summed E-state index contributed by atoms with van der Waals surface area (Å²) in [6, 6.07) is 4.30. The second kappa shape index (κ2) is 6.37. The summed E-state index contributed by atoms with van der Waals surface area (Å²) in [5, 5.41) is 2.82. The van der Waals surface area contributed by atoms with Crippen LogP contribution in [0.1, 0.15) is 47.6 Å². The number of nitrogens with one attached hydrogen (secondary N) is 3. The van der Waals surface area contributed by atoms with Gasteiger partial charge in [-0.05, 0) is 44.4 Å². The summed E-state index contributed by atoms with van der Waals surface area (Å²) in [5.41, 5.74) is 1.05. The van der Waals surface area contributed by atoms with Gasteiger partial charge >= 0.3 is 0 Å². The third-order valence-electron chi connectivity index (χ3n) is 3.94. The van der Waals surface area contributed by atoms with Gasteiger partial charge in [0, 0.05) is 24.0 Å². The second-order valence-electron chi connectivity index (χ2n) is 6.04. The van der Waals surface area contributed by atoms with Crippen molar-refractivity contribution >= 4 is 15.9 Å². The van der Waals surface area contributed by atoms with Gasteiger partial charge in [0.05, 0.1) is 10.9 Å². The van der Waals surface area contributed by atoms with E-state index in [1.54, 1.807) is 32.3 Å². The lowest BCUT2D eigenvalue weighted by Crippen LogP contribution is -2.29. The Hall–Kier alpha value is -2.19. The van der Waals surface area contributed by atoms with Gasteiger partial charge in [-0.2, -0.15) is 0 Å². The van der Waals surface area contributed by atoms with E-state index in [9.17, 15) is 13.2 Å². The lowest BCUT2D eigenvalue weighted by molar-refractivity contribution is 0.0937. The molecule has 8 heteroatoms. The summed E-state index contributed by atoms with van der Waals surface area (Å²) in [7, 11) is -3.59. The molecule has 128 valence electrons. The number of sulfonamides is 1. The highest BCUT2D eigenvalue weighted by molar-refractivity contribution is 7.89. The molecule has 7 nitrogen and oxygen atoms in total. The molecule has 1 atom stereocenters. The Morgan fingerprint density at radius 2 is 2.12 bits per heavy atom. The number of hydrogen-bond acceptors (Lipinski definition) is 4. The number of carbonyl (C=O) groups is 1. The third kappa shape index (κ3) is 3.65. The molecule has 0 saturated heterocycles. The zero-order chi connectivity index (χ0) is 17.3. The molecule has 1 heterocycles. The quantitative estimate of drug-likeness (QED) is 0.738. The number of H-pyrrole nitrogens is 1. The van der Waals surface area contributed by atoms with Crippen LogP contribution in [0.25, 0.3) is 0 Å². The van der Waals surface area contributed by atoms with Gasteiger partial charge in [-0.25, -0.2) is 18.1 Å². The number of imidazole rings is 1. The zero-order valence-corrected chi connectivity index (χ0v) is 14.4. The van der Waals surface area contributed by atoms with Crippen molar-refractivity contribution in [2.75, 3.05) is 0 Å². The molecule has 3 rings (SSSR count). The predicted octanol–water partition coefficient (Wildman–Crippen LogP) is 1.65. The lowest BCUT2D eigenvalue weighted by atomic mass is 10.1. The van der Waals surface area contributed by atoms with Crippen LogP contribution < -0.4 is 10.0 Å². The predicted molar refractivity (Wildman–Crippen MR) is 89.0 cm³/mol. The Morgan fingerprint density at radius 3 is 2.75 bits per heavy atom. The summed E-state index contributed by atoms with van der Waals surface area (Å²) < 4.78 is 27.3. The number of aryl methyl sites for hydroxylation is 1. The Balaban J connectivity index is 1.81. The summed E-state index contributed by atoms with van der Waals surface area (Å²) in [6.45, 7) is 3.58. The van der Waals surface area contributed by atoms with Gasteiger partial charge < -0.3 is 10.3 Å². The highest BCUT2D eigenvalue weighted by atomic mass is 32.2. The lowest BCUT2D eigenvalue weighted by Gasteiger charge is -2.14. The van der Waals surface area contributed by atoms with Crippen LogP contribution in [0.3, 0.4) is 0 Å². The largest absolute Gasteiger partial charge is 0.347 e. The highest BCUT2D eigenvalue weighted by Crippen LogP contribution is 2.23. The maximum Gasteiger partial charge on any atom is 0.252 e. The van der Waals surface area contributed by atoms with Crippen LogP contribution in [-0.4, -0.2) is 30.3 Å². The Labute approximate surface area is 140 Å². The number of amides is 1. The first-order chi connectivity index (χ1) is 11.4. The van der Waals surface area contributed by atoms with Crippen molar-refractivity contribution in [1.82, 2.24) is 20.0 Å². The van der Waals surface area contributed by atoms with E-state index in [0.717, 1.165) is 12.8 Å². The van der Waals surface area contributed by atoms with Crippen molar-refractivity contribution in [2.45, 2.75) is 43.7 Å². The number of rotatable bonds is 6. The SMILES string of the molecule is Cc1ccc(S(=O)(=O)NC2CC2)cc1C(=O)N[C@H](C)c1ncc[nH]1. The van der Waals surface area contributed by atoms with Gasteiger partial charge in [0.1, 0.15) is 5.82 Å². The van der Waals surface area contributed by atoms with Crippen LogP contribution in [0.4, 0.5) is 0 Å². The minimum Gasteiger partial charge on any atom is -0.347 e. The van der Waals surface area contributed by atoms with Gasteiger partial charge in [0.25, 0.3) is 5.91 Å². The minimum absolute atomic E-state index is 0.0209. The van der Waals surface area contributed by atoms with E-state index in [-0.39, 0.29) is 22.9 Å². The highest BCUT2D eigenvalue weighted by Gasteiger charge is 2.28. The standard InChI is InChI=1S/C16H20N4O3S/c1-10-3-6-13(24(22,23)20-12-4-5-12)9-14(10)16(21)19-11(2)15-17-7-8-18-15/h3,6-9,11-12,20H,4-5H2,1-2H3,(H,17,18)(H,19,21)/t11-/m1/s1. The fraction of sp³-hybridized carbons (Fsp3) is 0.375. The summed E-state index contributed by atoms with van der Waals surface area (Å²) in [4.78, 5) is 19.7. The van der Waals surface area contributed by atoms with Crippen LogP contribution in [0.2, 0.25) is 0 Å². The molecule has 3 N–H and O–H groups in total. The average Bonchev–Trinajstić information content (AvgIpc) is 3.15. The van der Waals surface area contributed by atoms with E-state index in [2.05, 4.69) is 20.0 Å². The molecule has 1 aliphatic rings. The van der Waals surface area contributed by atoms with E-state index in [1.807, 2.05) is 0 Å². The van der Waals surface area contributed by atoms with Gasteiger partial charge in [0.15, 0.2) is 0 Å². The van der Waals surface area contributed by atoms with E-state index >= 15 is 0 Å². The van der Waals surface area contributed by atoms with Crippen LogP contribution in [0, 0.1) is 6.92 Å². The Kier molecular flexibility index (Phi) is 4.42. The maximum absolute atomic E-state index is 12.5. The minimum atomic E-state index is -3.59. The van der Waals surface area contributed by atoms with Gasteiger partial charge in [-0.3, -0.25) is 4.79 Å². The third-order valence-corrected chi connectivity index (χ3v) is 5.46. The van der Waals surface area contributed by atoms with Crippen LogP contribution in [0.5, 0.6) is 0 Å². The molecule has 0 unspecified atom stereocenters. The number of hydrogen-bond donors (Lipinski definition) is 3. The number of aromatic nitrogens is 2. The van der Waals surface area contributed by atoms with Crippen LogP contribution in [-0.2, 0) is 10.0 Å². The van der Waals surface area contributed by atoms with Crippen molar-refractivity contribution in [3.63, 3.8) is 0 Å². The van der Waals surface area contributed by atoms with Gasteiger partial charge in [-0.15, -0.1) is 0 Å². The molecule has 1 amide bonds. The molecule has 0 bridgehead atoms. The zero-order valence-electron chi connectivity index (χ0n) is 13.5. The van der Waals surface area contributed by atoms with Crippen molar-refractivity contribution in [2.24, 2.45) is 0 Å². The molecule has 1 aliphatic carbocycles. The molecule has 24 heavy (non-hydrogen) atoms. The average molecular weight is 348 g/mol. The summed E-state index contributed by atoms with van der Waals surface area (Å²) >= 11 is 0. The van der Waals surface area contributed by atoms with E-state index in [0.29, 0.717) is 17.0 Å². The van der Waals surface area contributed by atoms with E-state index in [4.69, 9.17) is 0 Å². The van der Waals surface area contributed by atoms with Gasteiger partial charge in [0.2, 0.25) is 10.0 Å². The molecule has 1 aromatic carbocycles. The monoisotopic (exact) mass is 348 g/mol. The van der Waals surface area contributed by atoms with E-state index in [1.165, 1.54) is 12.1 Å². The van der Waals surface area contributed by atoms with Crippen LogP contribution >= 0.6 is 0 Å². The molecular weight excluding hydrogens is 328 g/mol. The fourth-order valence-electron chi connectivity index (χ4n) is 2.36.